The maximum Gasteiger partial charge on any atom is 0.243 e. The molecular weight excluding hydrogens is 170 g/mol. The highest BCUT2D eigenvalue weighted by Gasteiger charge is 2.00. The van der Waals surface area contributed by atoms with Crippen LogP contribution in [0.1, 0.15) is 19.3 Å². The van der Waals surface area contributed by atoms with Gasteiger partial charge in [-0.3, -0.25) is 4.79 Å². The minimum absolute atomic E-state index is 0.178. The van der Waals surface area contributed by atoms with Crippen molar-refractivity contribution in [3.05, 3.63) is 12.7 Å². The van der Waals surface area contributed by atoms with Crippen LogP contribution in [-0.2, 0) is 4.79 Å². The zero-order valence-corrected chi connectivity index (χ0v) is 7.70. The van der Waals surface area contributed by atoms with E-state index in [1.807, 2.05) is 0 Å². The molecule has 1 amide bonds. The molecule has 76 valence electrons. The van der Waals surface area contributed by atoms with Crippen molar-refractivity contribution in [2.24, 2.45) is 0 Å². The normalized spacial score (nSPS) is 12.2. The van der Waals surface area contributed by atoms with Gasteiger partial charge in [-0.25, -0.2) is 0 Å². The molecule has 0 aliphatic heterocycles. The second kappa shape index (κ2) is 7.76. The number of hydrogen-bond donors (Lipinski definition) is 3. The first-order chi connectivity index (χ1) is 6.20. The first-order valence-electron chi connectivity index (χ1n) is 4.40. The molecule has 1 unspecified atom stereocenters. The number of carbonyl (C=O) groups is 1. The maximum absolute atomic E-state index is 10.6. The van der Waals surface area contributed by atoms with Gasteiger partial charge in [0.05, 0.1) is 12.7 Å². The summed E-state index contributed by atoms with van der Waals surface area (Å²) >= 11 is 0. The van der Waals surface area contributed by atoms with Crippen LogP contribution in [0.3, 0.4) is 0 Å². The Morgan fingerprint density at radius 1 is 1.54 bits per heavy atom. The standard InChI is InChI=1S/C9H17NO3/c1-2-9(13)10-6-4-3-5-8(12)7-11/h2,8,11-12H,1,3-7H2,(H,10,13). The molecule has 0 radical (unpaired) electrons. The lowest BCUT2D eigenvalue weighted by Gasteiger charge is -2.06. The largest absolute Gasteiger partial charge is 0.394 e. The average molecular weight is 187 g/mol. The van der Waals surface area contributed by atoms with Gasteiger partial charge in [-0.2, -0.15) is 0 Å². The van der Waals surface area contributed by atoms with E-state index in [-0.39, 0.29) is 12.5 Å². The van der Waals surface area contributed by atoms with E-state index in [4.69, 9.17) is 10.2 Å². The number of hydrogen-bond acceptors (Lipinski definition) is 3. The molecule has 1 atom stereocenters. The molecule has 0 saturated carbocycles. The number of carbonyl (C=O) groups excluding carboxylic acids is 1. The fourth-order valence-corrected chi connectivity index (χ4v) is 0.880. The van der Waals surface area contributed by atoms with Crippen LogP contribution in [-0.4, -0.2) is 35.4 Å². The fraction of sp³-hybridized carbons (Fsp3) is 0.667. The van der Waals surface area contributed by atoms with Crippen molar-refractivity contribution < 1.29 is 15.0 Å². The second-order valence-corrected chi connectivity index (χ2v) is 2.83. The Hall–Kier alpha value is -0.870. The van der Waals surface area contributed by atoms with Crippen molar-refractivity contribution >= 4 is 5.91 Å². The van der Waals surface area contributed by atoms with Crippen LogP contribution in [0.5, 0.6) is 0 Å². The summed E-state index contributed by atoms with van der Waals surface area (Å²) < 4.78 is 0. The van der Waals surface area contributed by atoms with Gasteiger partial charge in [0.2, 0.25) is 5.91 Å². The third-order valence-corrected chi connectivity index (χ3v) is 1.66. The summed E-state index contributed by atoms with van der Waals surface area (Å²) in [4.78, 5) is 10.6. The van der Waals surface area contributed by atoms with E-state index in [2.05, 4.69) is 11.9 Å². The van der Waals surface area contributed by atoms with Crippen molar-refractivity contribution in [2.45, 2.75) is 25.4 Å². The van der Waals surface area contributed by atoms with E-state index in [1.165, 1.54) is 6.08 Å². The summed E-state index contributed by atoms with van der Waals surface area (Å²) in [7, 11) is 0. The second-order valence-electron chi connectivity index (χ2n) is 2.83. The molecule has 0 fully saturated rings. The minimum atomic E-state index is -0.630. The van der Waals surface area contributed by atoms with Crippen LogP contribution in [0, 0.1) is 0 Å². The third-order valence-electron chi connectivity index (χ3n) is 1.66. The molecular formula is C9H17NO3. The van der Waals surface area contributed by atoms with Crippen molar-refractivity contribution in [1.29, 1.82) is 0 Å². The topological polar surface area (TPSA) is 69.6 Å². The van der Waals surface area contributed by atoms with Gasteiger partial charge in [-0.05, 0) is 25.3 Å². The van der Waals surface area contributed by atoms with E-state index in [9.17, 15) is 4.79 Å². The van der Waals surface area contributed by atoms with Crippen LogP contribution < -0.4 is 5.32 Å². The average Bonchev–Trinajstić information content (AvgIpc) is 2.16. The summed E-state index contributed by atoms with van der Waals surface area (Å²) in [5, 5.41) is 20.1. The summed E-state index contributed by atoms with van der Waals surface area (Å²) in [6.07, 6.45) is 2.76. The van der Waals surface area contributed by atoms with Gasteiger partial charge in [0.25, 0.3) is 0 Å². The van der Waals surface area contributed by atoms with Gasteiger partial charge < -0.3 is 15.5 Å². The lowest BCUT2D eigenvalue weighted by Crippen LogP contribution is -2.22. The molecule has 3 N–H and O–H groups in total. The van der Waals surface area contributed by atoms with E-state index in [0.29, 0.717) is 13.0 Å². The Morgan fingerprint density at radius 2 is 2.23 bits per heavy atom. The highest BCUT2D eigenvalue weighted by Crippen LogP contribution is 1.98. The molecule has 0 saturated heterocycles. The quantitative estimate of drug-likeness (QED) is 0.382. The molecule has 0 aromatic heterocycles. The van der Waals surface area contributed by atoms with Crippen LogP contribution in [0.2, 0.25) is 0 Å². The van der Waals surface area contributed by atoms with Gasteiger partial charge in [0.15, 0.2) is 0 Å². The molecule has 4 nitrogen and oxygen atoms in total. The highest BCUT2D eigenvalue weighted by atomic mass is 16.3. The summed E-state index contributed by atoms with van der Waals surface area (Å²) in [6, 6.07) is 0. The molecule has 0 aliphatic rings. The summed E-state index contributed by atoms with van der Waals surface area (Å²) in [5.74, 6) is -0.178. The molecule has 0 heterocycles. The first-order valence-corrected chi connectivity index (χ1v) is 4.40. The first kappa shape index (κ1) is 12.1. The van der Waals surface area contributed by atoms with Gasteiger partial charge in [-0.15, -0.1) is 0 Å². The van der Waals surface area contributed by atoms with Crippen molar-refractivity contribution in [2.75, 3.05) is 13.2 Å². The summed E-state index contributed by atoms with van der Waals surface area (Å²) in [6.45, 7) is 3.71. The van der Waals surface area contributed by atoms with Crippen LogP contribution in [0.4, 0.5) is 0 Å². The predicted molar refractivity (Wildman–Crippen MR) is 50.2 cm³/mol. The van der Waals surface area contributed by atoms with Gasteiger partial charge in [0, 0.05) is 6.54 Å². The zero-order chi connectivity index (χ0) is 10.1. The van der Waals surface area contributed by atoms with E-state index < -0.39 is 6.10 Å². The number of aliphatic hydroxyl groups excluding tert-OH is 2. The van der Waals surface area contributed by atoms with Crippen molar-refractivity contribution in [3.8, 4) is 0 Å². The number of nitrogens with one attached hydrogen (secondary N) is 1. The van der Waals surface area contributed by atoms with Gasteiger partial charge in [-0.1, -0.05) is 6.58 Å². The zero-order valence-electron chi connectivity index (χ0n) is 7.70. The summed E-state index contributed by atoms with van der Waals surface area (Å²) in [5.41, 5.74) is 0. The maximum atomic E-state index is 10.6. The Morgan fingerprint density at radius 3 is 2.77 bits per heavy atom. The van der Waals surface area contributed by atoms with E-state index >= 15 is 0 Å². The highest BCUT2D eigenvalue weighted by molar-refractivity contribution is 5.86. The van der Waals surface area contributed by atoms with Crippen molar-refractivity contribution in [1.82, 2.24) is 5.32 Å². The van der Waals surface area contributed by atoms with Gasteiger partial charge >= 0.3 is 0 Å². The Balaban J connectivity index is 3.17. The molecule has 4 heteroatoms. The van der Waals surface area contributed by atoms with Crippen LogP contribution >= 0.6 is 0 Å². The molecule has 0 bridgehead atoms. The van der Waals surface area contributed by atoms with E-state index in [0.717, 1.165) is 12.8 Å². The van der Waals surface area contributed by atoms with Crippen molar-refractivity contribution in [3.63, 3.8) is 0 Å². The molecule has 0 aromatic rings. The number of rotatable bonds is 7. The Bertz CT molecular complexity index is 159. The smallest absolute Gasteiger partial charge is 0.243 e. The van der Waals surface area contributed by atoms with Crippen LogP contribution in [0.15, 0.2) is 12.7 Å². The van der Waals surface area contributed by atoms with Gasteiger partial charge in [0.1, 0.15) is 0 Å². The molecule has 0 rings (SSSR count). The Kier molecular flexibility index (Phi) is 7.24. The number of aliphatic hydroxyl groups is 2. The fourth-order valence-electron chi connectivity index (χ4n) is 0.880. The lowest BCUT2D eigenvalue weighted by atomic mass is 10.1. The minimum Gasteiger partial charge on any atom is -0.394 e. The number of unbranched alkanes of at least 4 members (excludes halogenated alkanes) is 1. The van der Waals surface area contributed by atoms with E-state index in [1.54, 1.807) is 0 Å². The van der Waals surface area contributed by atoms with Crippen LogP contribution in [0.25, 0.3) is 0 Å². The molecule has 13 heavy (non-hydrogen) atoms. The molecule has 0 spiro atoms. The molecule has 0 aliphatic carbocycles. The predicted octanol–water partition coefficient (Wildman–Crippen LogP) is -0.188. The third kappa shape index (κ3) is 7.49. The molecule has 0 aromatic carbocycles. The SMILES string of the molecule is C=CC(=O)NCCCCC(O)CO. The lowest BCUT2D eigenvalue weighted by molar-refractivity contribution is -0.116. The monoisotopic (exact) mass is 187 g/mol. The number of amides is 1. The Labute approximate surface area is 78.3 Å².